The number of imide groups is 2. The minimum Gasteiger partial charge on any atom is -0.276 e. The van der Waals surface area contributed by atoms with Crippen LogP contribution in [0.4, 0.5) is 4.79 Å². The summed E-state index contributed by atoms with van der Waals surface area (Å²) in [6.07, 6.45) is 3.52. The highest BCUT2D eigenvalue weighted by atomic mass is 16.2. The van der Waals surface area contributed by atoms with Gasteiger partial charge in [-0.15, -0.1) is 0 Å². The summed E-state index contributed by atoms with van der Waals surface area (Å²) < 4.78 is 0. The van der Waals surface area contributed by atoms with Gasteiger partial charge in [0.05, 0.1) is 0 Å². The van der Waals surface area contributed by atoms with Crippen molar-refractivity contribution in [2.75, 3.05) is 7.05 Å². The number of barbiturate groups is 1. The smallest absolute Gasteiger partial charge is 0.276 e. The summed E-state index contributed by atoms with van der Waals surface area (Å²) in [5.41, 5.74) is -0.438. The average molecular weight is 252 g/mol. The van der Waals surface area contributed by atoms with E-state index in [2.05, 4.69) is 5.32 Å². The maximum absolute atomic E-state index is 12.4. The highest BCUT2D eigenvalue weighted by Crippen LogP contribution is 2.39. The van der Waals surface area contributed by atoms with Gasteiger partial charge in [-0.05, 0) is 25.3 Å². The van der Waals surface area contributed by atoms with E-state index in [9.17, 15) is 14.4 Å². The molecule has 18 heavy (non-hydrogen) atoms. The quantitative estimate of drug-likeness (QED) is 0.613. The lowest BCUT2D eigenvalue weighted by molar-refractivity contribution is -0.148. The Labute approximate surface area is 107 Å². The summed E-state index contributed by atoms with van der Waals surface area (Å²) in [4.78, 5) is 37.1. The number of urea groups is 1. The minimum absolute atomic E-state index is 0.419. The molecule has 1 saturated heterocycles. The van der Waals surface area contributed by atoms with Crippen molar-refractivity contribution < 1.29 is 14.4 Å². The third kappa shape index (κ3) is 1.94. The van der Waals surface area contributed by atoms with E-state index in [1.165, 1.54) is 7.05 Å². The van der Waals surface area contributed by atoms with Crippen LogP contribution in [0, 0.1) is 5.41 Å². The van der Waals surface area contributed by atoms with E-state index >= 15 is 0 Å². The molecule has 1 N–H and O–H groups in total. The Morgan fingerprint density at radius 3 is 2.39 bits per heavy atom. The Balaban J connectivity index is 3.36. The molecule has 0 radical (unpaired) electrons. The maximum atomic E-state index is 12.4. The molecule has 0 bridgehead atoms. The van der Waals surface area contributed by atoms with Gasteiger partial charge < -0.3 is 0 Å². The molecule has 5 nitrogen and oxygen atoms in total. The molecule has 1 aliphatic rings. The first kappa shape index (κ1) is 14.4. The number of carbonyl (C=O) groups is 3. The molecule has 0 aromatic heterocycles. The van der Waals surface area contributed by atoms with Crippen molar-refractivity contribution in [3.8, 4) is 0 Å². The summed E-state index contributed by atoms with van der Waals surface area (Å²) in [6, 6.07) is -0.650. The number of nitrogens with one attached hydrogen (secondary N) is 1. The van der Waals surface area contributed by atoms with Gasteiger partial charge >= 0.3 is 6.03 Å². The summed E-state index contributed by atoms with van der Waals surface area (Å²) in [5, 5.41) is 2.27. The van der Waals surface area contributed by atoms with Gasteiger partial charge in [-0.1, -0.05) is 26.3 Å². The number of hydrogen-bond acceptors (Lipinski definition) is 3. The van der Waals surface area contributed by atoms with Crippen LogP contribution in [0.25, 0.3) is 0 Å². The Bertz CT molecular complexity index is 414. The van der Waals surface area contributed by atoms with Gasteiger partial charge in [0.25, 0.3) is 0 Å². The minimum atomic E-state index is -1.21. The number of carbonyl (C=O) groups excluding carboxylic acids is 3. The number of amides is 4. The molecule has 0 aromatic carbocycles. The van der Waals surface area contributed by atoms with Crippen molar-refractivity contribution in [1.29, 1.82) is 0 Å². The highest BCUT2D eigenvalue weighted by molar-refractivity contribution is 6.20. The first-order valence-electron chi connectivity index (χ1n) is 6.24. The molecule has 1 aliphatic heterocycles. The number of hydrogen-bond donors (Lipinski definition) is 1. The summed E-state index contributed by atoms with van der Waals surface area (Å²) >= 11 is 0. The molecule has 4 amide bonds. The molecule has 0 aliphatic carbocycles. The Hall–Kier alpha value is -1.65. The maximum Gasteiger partial charge on any atom is 0.330 e. The standard InChI is InChI=1S/C13H20N2O3/c1-5-8-13(9(6-2)7-3)10(16)14-12(18)15(4)11(13)17/h6H,5,7-8H2,1-4H3,(H,14,16,18)/b9-6+/t13-/m0/s1. The fraction of sp³-hybridized carbons (Fsp3) is 0.615. The Morgan fingerprint density at radius 2 is 1.94 bits per heavy atom. The first-order valence-corrected chi connectivity index (χ1v) is 6.24. The van der Waals surface area contributed by atoms with Gasteiger partial charge in [0.2, 0.25) is 11.8 Å². The topological polar surface area (TPSA) is 66.5 Å². The molecule has 1 rings (SSSR count). The van der Waals surface area contributed by atoms with E-state index in [1.807, 2.05) is 20.8 Å². The van der Waals surface area contributed by atoms with Gasteiger partial charge in [-0.2, -0.15) is 0 Å². The van der Waals surface area contributed by atoms with Crippen LogP contribution in [-0.4, -0.2) is 29.8 Å². The summed E-state index contributed by atoms with van der Waals surface area (Å²) in [7, 11) is 1.40. The van der Waals surface area contributed by atoms with Gasteiger partial charge in [0.15, 0.2) is 0 Å². The lowest BCUT2D eigenvalue weighted by atomic mass is 9.72. The zero-order chi connectivity index (χ0) is 13.9. The predicted molar refractivity (Wildman–Crippen MR) is 67.7 cm³/mol. The second-order valence-electron chi connectivity index (χ2n) is 4.45. The Morgan fingerprint density at radius 1 is 1.33 bits per heavy atom. The van der Waals surface area contributed by atoms with Crippen molar-refractivity contribution >= 4 is 17.8 Å². The van der Waals surface area contributed by atoms with Crippen LogP contribution < -0.4 is 5.32 Å². The predicted octanol–water partition coefficient (Wildman–Crippen LogP) is 1.84. The van der Waals surface area contributed by atoms with Crippen molar-refractivity contribution in [3.05, 3.63) is 11.6 Å². The molecule has 0 aromatic rings. The first-order chi connectivity index (χ1) is 8.45. The van der Waals surface area contributed by atoms with Crippen LogP contribution in [0.3, 0.4) is 0 Å². The zero-order valence-electron chi connectivity index (χ0n) is 11.4. The molecule has 0 saturated carbocycles. The zero-order valence-corrected chi connectivity index (χ0v) is 11.4. The van der Waals surface area contributed by atoms with Gasteiger partial charge in [0.1, 0.15) is 5.41 Å². The van der Waals surface area contributed by atoms with E-state index in [4.69, 9.17) is 0 Å². The molecule has 0 unspecified atom stereocenters. The lowest BCUT2D eigenvalue weighted by Crippen LogP contribution is -2.63. The average Bonchev–Trinajstić information content (AvgIpc) is 2.35. The Kier molecular flexibility index (Phi) is 4.27. The van der Waals surface area contributed by atoms with E-state index in [1.54, 1.807) is 6.08 Å². The molecular formula is C13H20N2O3. The van der Waals surface area contributed by atoms with E-state index in [-0.39, 0.29) is 0 Å². The van der Waals surface area contributed by atoms with Crippen LogP contribution in [0.2, 0.25) is 0 Å². The van der Waals surface area contributed by atoms with Gasteiger partial charge in [0, 0.05) is 7.05 Å². The lowest BCUT2D eigenvalue weighted by Gasteiger charge is -2.39. The largest absolute Gasteiger partial charge is 0.330 e. The fourth-order valence-electron chi connectivity index (χ4n) is 2.55. The molecule has 0 spiro atoms. The summed E-state index contributed by atoms with van der Waals surface area (Å²) in [6.45, 7) is 5.64. The van der Waals surface area contributed by atoms with Crippen molar-refractivity contribution in [3.63, 3.8) is 0 Å². The number of nitrogens with zero attached hydrogens (tertiary/aromatic N) is 1. The third-order valence-electron chi connectivity index (χ3n) is 3.48. The second kappa shape index (κ2) is 5.33. The van der Waals surface area contributed by atoms with Crippen molar-refractivity contribution in [2.24, 2.45) is 5.41 Å². The molecule has 5 heteroatoms. The van der Waals surface area contributed by atoms with E-state index < -0.39 is 23.3 Å². The summed E-state index contributed by atoms with van der Waals surface area (Å²) in [5.74, 6) is -0.916. The van der Waals surface area contributed by atoms with E-state index in [0.717, 1.165) is 10.5 Å². The van der Waals surface area contributed by atoms with Gasteiger partial charge in [-0.25, -0.2) is 4.79 Å². The molecule has 1 fully saturated rings. The normalized spacial score (nSPS) is 25.4. The fourth-order valence-corrected chi connectivity index (χ4v) is 2.55. The number of allylic oxidation sites excluding steroid dienone is 1. The van der Waals surface area contributed by atoms with Crippen molar-refractivity contribution in [1.82, 2.24) is 10.2 Å². The second-order valence-corrected chi connectivity index (χ2v) is 4.45. The molecular weight excluding hydrogens is 232 g/mol. The van der Waals surface area contributed by atoms with Crippen LogP contribution in [0.1, 0.15) is 40.0 Å². The van der Waals surface area contributed by atoms with Crippen molar-refractivity contribution in [2.45, 2.75) is 40.0 Å². The molecule has 1 heterocycles. The SMILES string of the molecule is C/C=C(\CC)[C@@]1(CCC)C(=O)NC(=O)N(C)C1=O. The van der Waals surface area contributed by atoms with Crippen LogP contribution in [0.15, 0.2) is 11.6 Å². The highest BCUT2D eigenvalue weighted by Gasteiger charge is 2.53. The number of rotatable bonds is 4. The molecule has 100 valence electrons. The van der Waals surface area contributed by atoms with Crippen LogP contribution in [0.5, 0.6) is 0 Å². The third-order valence-corrected chi connectivity index (χ3v) is 3.48. The van der Waals surface area contributed by atoms with Gasteiger partial charge in [-0.3, -0.25) is 19.8 Å². The molecule has 1 atom stereocenters. The van der Waals surface area contributed by atoms with Crippen LogP contribution >= 0.6 is 0 Å². The van der Waals surface area contributed by atoms with Crippen LogP contribution in [-0.2, 0) is 9.59 Å². The monoisotopic (exact) mass is 252 g/mol. The van der Waals surface area contributed by atoms with E-state index in [0.29, 0.717) is 19.3 Å².